The number of aliphatic hydroxyl groups is 1. The van der Waals surface area contributed by atoms with Crippen LogP contribution in [0.3, 0.4) is 0 Å². The van der Waals surface area contributed by atoms with Crippen molar-refractivity contribution in [3.63, 3.8) is 0 Å². The van der Waals surface area contributed by atoms with Gasteiger partial charge in [-0.2, -0.15) is 5.48 Å². The fourth-order valence-corrected chi connectivity index (χ4v) is 3.49. The van der Waals surface area contributed by atoms with E-state index in [-0.39, 0.29) is 11.5 Å². The Bertz CT molecular complexity index is 428. The molecule has 0 unspecified atom stereocenters. The molecule has 2 atom stereocenters. The Morgan fingerprint density at radius 3 is 2.53 bits per heavy atom. The molecular formula is C16H23NO2. The second kappa shape index (κ2) is 4.89. The molecular weight excluding hydrogens is 238 g/mol. The first-order chi connectivity index (χ1) is 9.13. The summed E-state index contributed by atoms with van der Waals surface area (Å²) in [5.74, 6) is 0. The standard InChI is InChI=1S/C16H23NO2/c1-15(10-6-3-7-11-15)16(18)12-14(19-17-16)13-8-4-2-5-9-13/h2,4-5,8-9,14,17-18H,3,6-7,10-12H2,1H3/t14-,16+/m1/s1. The average Bonchev–Trinajstić information content (AvgIpc) is 2.85. The quantitative estimate of drug-likeness (QED) is 0.858. The van der Waals surface area contributed by atoms with Gasteiger partial charge >= 0.3 is 0 Å². The number of hydrogen-bond acceptors (Lipinski definition) is 3. The van der Waals surface area contributed by atoms with Crippen LogP contribution in [0.4, 0.5) is 0 Å². The summed E-state index contributed by atoms with van der Waals surface area (Å²) in [6.45, 7) is 2.19. The second-order valence-corrected chi connectivity index (χ2v) is 6.30. The summed E-state index contributed by atoms with van der Waals surface area (Å²) in [5, 5.41) is 11.0. The molecule has 104 valence electrons. The topological polar surface area (TPSA) is 41.5 Å². The van der Waals surface area contributed by atoms with Crippen molar-refractivity contribution in [3.8, 4) is 0 Å². The number of benzene rings is 1. The maximum absolute atomic E-state index is 11.0. The van der Waals surface area contributed by atoms with E-state index in [0.717, 1.165) is 18.4 Å². The van der Waals surface area contributed by atoms with E-state index < -0.39 is 5.72 Å². The minimum Gasteiger partial charge on any atom is -0.373 e. The molecule has 3 rings (SSSR count). The SMILES string of the molecule is CC1([C@@]2(O)C[C@H](c3ccccc3)ON2)CCCCC1. The first-order valence-corrected chi connectivity index (χ1v) is 7.33. The summed E-state index contributed by atoms with van der Waals surface area (Å²) < 4.78 is 0. The number of rotatable bonds is 2. The van der Waals surface area contributed by atoms with Gasteiger partial charge in [0.2, 0.25) is 0 Å². The van der Waals surface area contributed by atoms with E-state index >= 15 is 0 Å². The van der Waals surface area contributed by atoms with Gasteiger partial charge in [-0.1, -0.05) is 56.5 Å². The lowest BCUT2D eigenvalue weighted by molar-refractivity contribution is -0.150. The van der Waals surface area contributed by atoms with Crippen LogP contribution in [0.25, 0.3) is 0 Å². The zero-order valence-electron chi connectivity index (χ0n) is 11.6. The third-order valence-electron chi connectivity index (χ3n) is 4.98. The fraction of sp³-hybridized carbons (Fsp3) is 0.625. The summed E-state index contributed by atoms with van der Waals surface area (Å²) in [7, 11) is 0. The normalized spacial score (nSPS) is 34.3. The van der Waals surface area contributed by atoms with E-state index in [2.05, 4.69) is 24.5 Å². The van der Waals surface area contributed by atoms with Crippen molar-refractivity contribution in [1.82, 2.24) is 5.48 Å². The maximum atomic E-state index is 11.0. The Hall–Kier alpha value is -0.900. The van der Waals surface area contributed by atoms with Crippen LogP contribution in [0, 0.1) is 5.41 Å². The molecule has 1 aliphatic heterocycles. The van der Waals surface area contributed by atoms with E-state index in [1.165, 1.54) is 19.3 Å². The number of nitrogens with one attached hydrogen (secondary N) is 1. The molecule has 0 aromatic heterocycles. The number of hydrogen-bond donors (Lipinski definition) is 2. The zero-order chi connectivity index (χ0) is 13.3. The Labute approximate surface area is 114 Å². The molecule has 1 saturated heterocycles. The van der Waals surface area contributed by atoms with E-state index in [4.69, 9.17) is 4.84 Å². The van der Waals surface area contributed by atoms with Gasteiger partial charge in [-0.15, -0.1) is 0 Å². The van der Waals surface area contributed by atoms with Gasteiger partial charge in [-0.25, -0.2) is 0 Å². The molecule has 19 heavy (non-hydrogen) atoms. The van der Waals surface area contributed by atoms with E-state index in [1.807, 2.05) is 18.2 Å². The van der Waals surface area contributed by atoms with Crippen LogP contribution in [-0.4, -0.2) is 10.8 Å². The molecule has 1 aliphatic carbocycles. The zero-order valence-corrected chi connectivity index (χ0v) is 11.6. The lowest BCUT2D eigenvalue weighted by atomic mass is 9.67. The van der Waals surface area contributed by atoms with Crippen LogP contribution >= 0.6 is 0 Å². The molecule has 0 amide bonds. The Kier molecular flexibility index (Phi) is 3.37. The van der Waals surface area contributed by atoms with Gasteiger partial charge in [0.1, 0.15) is 11.8 Å². The van der Waals surface area contributed by atoms with E-state index in [1.54, 1.807) is 0 Å². The molecule has 2 N–H and O–H groups in total. The Morgan fingerprint density at radius 2 is 1.84 bits per heavy atom. The lowest BCUT2D eigenvalue weighted by Gasteiger charge is -2.44. The van der Waals surface area contributed by atoms with Gasteiger partial charge in [0.05, 0.1) is 0 Å². The van der Waals surface area contributed by atoms with Gasteiger partial charge in [0.25, 0.3) is 0 Å². The smallest absolute Gasteiger partial charge is 0.146 e. The van der Waals surface area contributed by atoms with Crippen molar-refractivity contribution in [2.45, 2.75) is 57.3 Å². The predicted octanol–water partition coefficient (Wildman–Crippen LogP) is 3.31. The van der Waals surface area contributed by atoms with Crippen molar-refractivity contribution in [2.75, 3.05) is 0 Å². The molecule has 0 radical (unpaired) electrons. The van der Waals surface area contributed by atoms with Crippen LogP contribution in [0.2, 0.25) is 0 Å². The summed E-state index contributed by atoms with van der Waals surface area (Å²) in [6.07, 6.45) is 6.42. The minimum absolute atomic E-state index is 0.0510. The molecule has 1 aromatic rings. The molecule has 1 saturated carbocycles. The van der Waals surface area contributed by atoms with E-state index in [0.29, 0.717) is 6.42 Å². The molecule has 3 heteroatoms. The highest BCUT2D eigenvalue weighted by Gasteiger charge is 2.52. The molecule has 0 spiro atoms. The molecule has 0 bridgehead atoms. The largest absolute Gasteiger partial charge is 0.373 e. The van der Waals surface area contributed by atoms with Crippen LogP contribution in [0.1, 0.15) is 57.1 Å². The summed E-state index contributed by atoms with van der Waals surface area (Å²) in [5.41, 5.74) is 3.11. The molecule has 2 fully saturated rings. The van der Waals surface area contributed by atoms with Gasteiger partial charge in [0, 0.05) is 11.8 Å². The van der Waals surface area contributed by atoms with Gasteiger partial charge < -0.3 is 5.11 Å². The highest BCUT2D eigenvalue weighted by molar-refractivity contribution is 5.19. The molecule has 3 nitrogen and oxygen atoms in total. The fourth-order valence-electron chi connectivity index (χ4n) is 3.49. The lowest BCUT2D eigenvalue weighted by Crippen LogP contribution is -2.54. The van der Waals surface area contributed by atoms with Crippen LogP contribution in [-0.2, 0) is 4.84 Å². The van der Waals surface area contributed by atoms with Gasteiger partial charge in [-0.3, -0.25) is 4.84 Å². The third-order valence-corrected chi connectivity index (χ3v) is 4.98. The number of hydroxylamine groups is 1. The predicted molar refractivity (Wildman–Crippen MR) is 74.2 cm³/mol. The van der Waals surface area contributed by atoms with E-state index in [9.17, 15) is 5.11 Å². The van der Waals surface area contributed by atoms with Crippen molar-refractivity contribution >= 4 is 0 Å². The average molecular weight is 261 g/mol. The van der Waals surface area contributed by atoms with Crippen LogP contribution < -0.4 is 5.48 Å². The second-order valence-electron chi connectivity index (χ2n) is 6.30. The van der Waals surface area contributed by atoms with Gasteiger partial charge in [0.15, 0.2) is 0 Å². The van der Waals surface area contributed by atoms with Gasteiger partial charge in [-0.05, 0) is 18.4 Å². The van der Waals surface area contributed by atoms with Crippen molar-refractivity contribution in [2.24, 2.45) is 5.41 Å². The Balaban J connectivity index is 1.77. The minimum atomic E-state index is -0.895. The third kappa shape index (κ3) is 2.31. The van der Waals surface area contributed by atoms with Crippen LogP contribution in [0.5, 0.6) is 0 Å². The first-order valence-electron chi connectivity index (χ1n) is 7.33. The summed E-state index contributed by atoms with van der Waals surface area (Å²) in [4.78, 5) is 5.67. The highest BCUT2D eigenvalue weighted by Crippen LogP contribution is 2.49. The van der Waals surface area contributed by atoms with Crippen LogP contribution in [0.15, 0.2) is 30.3 Å². The molecule has 2 aliphatic rings. The maximum Gasteiger partial charge on any atom is 0.146 e. The molecule has 1 heterocycles. The summed E-state index contributed by atoms with van der Waals surface area (Å²) in [6, 6.07) is 10.1. The van der Waals surface area contributed by atoms with Crippen molar-refractivity contribution in [3.05, 3.63) is 35.9 Å². The highest BCUT2D eigenvalue weighted by atomic mass is 16.7. The monoisotopic (exact) mass is 261 g/mol. The van der Waals surface area contributed by atoms with Crippen molar-refractivity contribution < 1.29 is 9.94 Å². The Morgan fingerprint density at radius 1 is 1.16 bits per heavy atom. The first kappa shape index (κ1) is 13.1. The summed E-state index contributed by atoms with van der Waals surface area (Å²) >= 11 is 0. The van der Waals surface area contributed by atoms with Crippen molar-refractivity contribution in [1.29, 1.82) is 0 Å². The molecule has 1 aromatic carbocycles.